The smallest absolute Gasteiger partial charge is 0.137 e. The van der Waals surface area contributed by atoms with Crippen molar-refractivity contribution >= 4 is 21.8 Å². The zero-order valence-corrected chi connectivity index (χ0v) is 17.5. The first-order chi connectivity index (χ1) is 15.7. The van der Waals surface area contributed by atoms with Crippen LogP contribution in [-0.2, 0) is 0 Å². The highest BCUT2D eigenvalue weighted by atomic mass is 16.5. The van der Waals surface area contributed by atoms with Crippen LogP contribution in [0.1, 0.15) is 5.69 Å². The average Bonchev–Trinajstić information content (AvgIpc) is 3.55. The van der Waals surface area contributed by atoms with Crippen LogP contribution in [0.3, 0.4) is 0 Å². The minimum atomic E-state index is 0.690. The lowest BCUT2D eigenvalue weighted by atomic mass is 10.1. The van der Waals surface area contributed by atoms with Crippen molar-refractivity contribution in [2.75, 3.05) is 7.11 Å². The van der Waals surface area contributed by atoms with Crippen molar-refractivity contribution in [1.29, 1.82) is 0 Å². The molecule has 1 aromatic carbocycles. The molecule has 0 fully saturated rings. The van der Waals surface area contributed by atoms with E-state index in [1.807, 2.05) is 42.2 Å². The predicted molar refractivity (Wildman–Crippen MR) is 123 cm³/mol. The van der Waals surface area contributed by atoms with Crippen molar-refractivity contribution < 1.29 is 4.74 Å². The Hall–Kier alpha value is -4.46. The van der Waals surface area contributed by atoms with Gasteiger partial charge in [-0.05, 0) is 37.3 Å². The van der Waals surface area contributed by atoms with Gasteiger partial charge in [-0.15, -0.1) is 0 Å². The number of rotatable bonds is 4. The lowest BCUT2D eigenvalue weighted by Crippen LogP contribution is -1.89. The third kappa shape index (κ3) is 2.92. The Kier molecular flexibility index (Phi) is 4.04. The minimum absolute atomic E-state index is 0.690. The van der Waals surface area contributed by atoms with E-state index in [4.69, 9.17) is 4.74 Å². The predicted octanol–water partition coefficient (Wildman–Crippen LogP) is 4.67. The molecule has 0 radical (unpaired) electrons. The summed E-state index contributed by atoms with van der Waals surface area (Å²) in [6, 6.07) is 12.3. The summed E-state index contributed by atoms with van der Waals surface area (Å²) in [4.78, 5) is 16.7. The summed E-state index contributed by atoms with van der Waals surface area (Å²) in [5.41, 5.74) is 7.39. The van der Waals surface area contributed by atoms with Crippen LogP contribution < -0.4 is 4.74 Å². The first-order valence-corrected chi connectivity index (χ1v) is 10.2. The number of nitrogens with one attached hydrogen (secondary N) is 2. The van der Waals surface area contributed by atoms with Crippen LogP contribution in [0.15, 0.2) is 67.5 Å². The number of H-pyrrole nitrogens is 2. The lowest BCUT2D eigenvalue weighted by Gasteiger charge is -2.04. The van der Waals surface area contributed by atoms with Crippen molar-refractivity contribution in [3.8, 4) is 34.1 Å². The molecule has 32 heavy (non-hydrogen) atoms. The fourth-order valence-corrected chi connectivity index (χ4v) is 4.00. The molecule has 0 aliphatic heterocycles. The van der Waals surface area contributed by atoms with Gasteiger partial charge in [-0.1, -0.05) is 6.07 Å². The molecule has 0 amide bonds. The van der Waals surface area contributed by atoms with E-state index >= 15 is 0 Å². The van der Waals surface area contributed by atoms with E-state index in [0.29, 0.717) is 5.75 Å². The summed E-state index contributed by atoms with van der Waals surface area (Å²) in [6.07, 6.45) is 9.10. The van der Waals surface area contributed by atoms with E-state index in [1.165, 1.54) is 0 Å². The van der Waals surface area contributed by atoms with Crippen LogP contribution in [0.25, 0.3) is 50.1 Å². The first-order valence-electron chi connectivity index (χ1n) is 10.2. The summed E-state index contributed by atoms with van der Waals surface area (Å²) in [5, 5.41) is 9.75. The van der Waals surface area contributed by atoms with Crippen LogP contribution in [0.4, 0.5) is 0 Å². The Labute approximate surface area is 182 Å². The number of nitrogens with zero attached hydrogens (tertiary/aromatic N) is 5. The number of pyridine rings is 2. The Morgan fingerprint density at radius 3 is 2.75 bits per heavy atom. The Balaban J connectivity index is 1.49. The Morgan fingerprint density at radius 1 is 0.969 bits per heavy atom. The topological polar surface area (TPSA) is 97.3 Å². The highest BCUT2D eigenvalue weighted by Crippen LogP contribution is 2.33. The number of hydrogen-bond donors (Lipinski definition) is 2. The summed E-state index contributed by atoms with van der Waals surface area (Å²) in [7, 11) is 1.63. The van der Waals surface area contributed by atoms with Crippen LogP contribution in [0.2, 0.25) is 0 Å². The maximum Gasteiger partial charge on any atom is 0.137 e. The van der Waals surface area contributed by atoms with E-state index in [0.717, 1.165) is 55.8 Å². The van der Waals surface area contributed by atoms with Crippen molar-refractivity contribution in [1.82, 2.24) is 34.7 Å². The van der Waals surface area contributed by atoms with Crippen LogP contribution in [0, 0.1) is 6.92 Å². The van der Waals surface area contributed by atoms with Gasteiger partial charge in [-0.3, -0.25) is 15.1 Å². The molecular formula is C24H19N7O. The Morgan fingerprint density at radius 2 is 1.91 bits per heavy atom. The van der Waals surface area contributed by atoms with Gasteiger partial charge < -0.3 is 14.3 Å². The fraction of sp³-hybridized carbons (Fsp3) is 0.0833. The van der Waals surface area contributed by atoms with E-state index in [-0.39, 0.29) is 0 Å². The molecule has 0 atom stereocenters. The first kappa shape index (κ1) is 18.3. The molecule has 2 N–H and O–H groups in total. The molecule has 0 aliphatic carbocycles. The largest absolute Gasteiger partial charge is 0.495 e. The zero-order valence-electron chi connectivity index (χ0n) is 17.5. The van der Waals surface area contributed by atoms with E-state index in [2.05, 4.69) is 48.3 Å². The molecule has 6 rings (SSSR count). The van der Waals surface area contributed by atoms with Crippen molar-refractivity contribution in [3.05, 3.63) is 73.2 Å². The summed E-state index contributed by atoms with van der Waals surface area (Å²) in [6.45, 7) is 1.98. The highest BCUT2D eigenvalue weighted by Gasteiger charge is 2.15. The number of aryl methyl sites for hydroxylation is 1. The van der Waals surface area contributed by atoms with Gasteiger partial charge in [0.1, 0.15) is 11.4 Å². The third-order valence-corrected chi connectivity index (χ3v) is 5.58. The quantitative estimate of drug-likeness (QED) is 0.431. The molecule has 6 aromatic rings. The van der Waals surface area contributed by atoms with Gasteiger partial charge >= 0.3 is 0 Å². The molecule has 5 aromatic heterocycles. The lowest BCUT2D eigenvalue weighted by molar-refractivity contribution is 0.413. The molecule has 0 aliphatic rings. The molecule has 5 heterocycles. The molecule has 0 bridgehead atoms. The SMILES string of the molecule is COc1cncc(-c2cc3c(-c4cc5c(-n6cnc(C)c6)cccc5[nH]4)n[nH]c3cn2)c1. The van der Waals surface area contributed by atoms with Gasteiger partial charge in [-0.2, -0.15) is 5.10 Å². The normalized spacial score (nSPS) is 11.4. The fourth-order valence-electron chi connectivity index (χ4n) is 4.00. The number of methoxy groups -OCH3 is 1. The molecule has 156 valence electrons. The number of aromatic nitrogens is 7. The molecule has 8 nitrogen and oxygen atoms in total. The monoisotopic (exact) mass is 421 g/mol. The second-order valence-corrected chi connectivity index (χ2v) is 7.64. The van der Waals surface area contributed by atoms with Crippen molar-refractivity contribution in [3.63, 3.8) is 0 Å². The number of imidazole rings is 1. The summed E-state index contributed by atoms with van der Waals surface area (Å²) < 4.78 is 7.34. The second-order valence-electron chi connectivity index (χ2n) is 7.64. The van der Waals surface area contributed by atoms with Crippen molar-refractivity contribution in [2.45, 2.75) is 6.92 Å². The highest BCUT2D eigenvalue weighted by molar-refractivity contribution is 5.98. The standard InChI is InChI=1S/C24H19N7O/c1-14-12-31(13-27-14)23-5-3-4-19-17(23)7-21(28-19)24-18-8-20(26-11-22(18)29-30-24)15-6-16(32-2)10-25-9-15/h3-13,28H,1-2H3,(H,29,30). The number of aromatic amines is 2. The minimum Gasteiger partial charge on any atom is -0.495 e. The van der Waals surface area contributed by atoms with Gasteiger partial charge in [-0.25, -0.2) is 4.98 Å². The maximum absolute atomic E-state index is 5.30. The van der Waals surface area contributed by atoms with E-state index in [9.17, 15) is 0 Å². The average molecular weight is 421 g/mol. The van der Waals surface area contributed by atoms with Gasteiger partial charge in [0.2, 0.25) is 0 Å². The summed E-state index contributed by atoms with van der Waals surface area (Å²) in [5.74, 6) is 0.690. The van der Waals surface area contributed by atoms with Crippen LogP contribution >= 0.6 is 0 Å². The number of ether oxygens (including phenoxy) is 1. The molecule has 0 saturated heterocycles. The third-order valence-electron chi connectivity index (χ3n) is 5.58. The molecule has 0 unspecified atom stereocenters. The van der Waals surface area contributed by atoms with Gasteiger partial charge in [0, 0.05) is 34.2 Å². The van der Waals surface area contributed by atoms with Crippen molar-refractivity contribution in [2.24, 2.45) is 0 Å². The molecule has 8 heteroatoms. The number of fused-ring (bicyclic) bond motifs is 2. The molecule has 0 saturated carbocycles. The van der Waals surface area contributed by atoms with E-state index in [1.54, 1.807) is 25.7 Å². The zero-order chi connectivity index (χ0) is 21.7. The van der Waals surface area contributed by atoms with Gasteiger partial charge in [0.05, 0.1) is 54.1 Å². The van der Waals surface area contributed by atoms with Crippen LogP contribution in [-0.4, -0.2) is 41.8 Å². The maximum atomic E-state index is 5.30. The van der Waals surface area contributed by atoms with Crippen LogP contribution in [0.5, 0.6) is 5.75 Å². The number of hydrogen-bond acceptors (Lipinski definition) is 5. The second kappa shape index (κ2) is 7.05. The van der Waals surface area contributed by atoms with E-state index < -0.39 is 0 Å². The summed E-state index contributed by atoms with van der Waals surface area (Å²) >= 11 is 0. The molecular weight excluding hydrogens is 402 g/mol. The Bertz CT molecular complexity index is 1590. The molecule has 0 spiro atoms. The van der Waals surface area contributed by atoms with Gasteiger partial charge in [0.15, 0.2) is 0 Å². The van der Waals surface area contributed by atoms with Gasteiger partial charge in [0.25, 0.3) is 0 Å². The number of benzene rings is 1.